The van der Waals surface area contributed by atoms with Crippen molar-refractivity contribution in [2.45, 2.75) is 25.4 Å². The Balaban J connectivity index is 2.65. The summed E-state index contributed by atoms with van der Waals surface area (Å²) in [6, 6.07) is 0. The van der Waals surface area contributed by atoms with Crippen LogP contribution < -0.4 is 5.73 Å². The minimum Gasteiger partial charge on any atom is -0.384 e. The molecule has 1 unspecified atom stereocenters. The van der Waals surface area contributed by atoms with Crippen molar-refractivity contribution in [2.24, 2.45) is 11.7 Å². The lowest BCUT2D eigenvalue weighted by Crippen LogP contribution is -2.40. The van der Waals surface area contributed by atoms with Crippen LogP contribution in [0.3, 0.4) is 0 Å². The first kappa shape index (κ1) is 7.76. The van der Waals surface area contributed by atoms with E-state index in [0.717, 1.165) is 18.4 Å². The second-order valence-corrected chi connectivity index (χ2v) is 3.18. The van der Waals surface area contributed by atoms with Crippen LogP contribution in [0.1, 0.15) is 19.8 Å². The standard InChI is InChI=1S/C8H15NO/c1-6(2)8(10,5-9)7-3-4-7/h7,10H,1,3-5,9H2,2H3. The molecule has 0 aliphatic heterocycles. The van der Waals surface area contributed by atoms with Gasteiger partial charge in [0.15, 0.2) is 0 Å². The van der Waals surface area contributed by atoms with E-state index in [4.69, 9.17) is 5.73 Å². The molecule has 3 N–H and O–H groups in total. The quantitative estimate of drug-likeness (QED) is 0.567. The smallest absolute Gasteiger partial charge is 0.100 e. The second kappa shape index (κ2) is 2.36. The Morgan fingerprint density at radius 1 is 1.80 bits per heavy atom. The Morgan fingerprint density at radius 2 is 2.30 bits per heavy atom. The van der Waals surface area contributed by atoms with Gasteiger partial charge in [-0.25, -0.2) is 0 Å². The Labute approximate surface area is 61.7 Å². The van der Waals surface area contributed by atoms with Crippen LogP contribution in [0, 0.1) is 5.92 Å². The van der Waals surface area contributed by atoms with Crippen LogP contribution >= 0.6 is 0 Å². The van der Waals surface area contributed by atoms with Gasteiger partial charge in [-0.05, 0) is 31.3 Å². The van der Waals surface area contributed by atoms with Gasteiger partial charge >= 0.3 is 0 Å². The summed E-state index contributed by atoms with van der Waals surface area (Å²) in [5.74, 6) is 0.384. The summed E-state index contributed by atoms with van der Waals surface area (Å²) in [5, 5.41) is 9.81. The average Bonchev–Trinajstić information content (AvgIpc) is 2.67. The van der Waals surface area contributed by atoms with Gasteiger partial charge in [0.25, 0.3) is 0 Å². The van der Waals surface area contributed by atoms with Gasteiger partial charge in [0, 0.05) is 6.54 Å². The number of hydrogen-bond donors (Lipinski definition) is 2. The molecule has 2 heteroatoms. The van der Waals surface area contributed by atoms with Crippen molar-refractivity contribution in [3.8, 4) is 0 Å². The van der Waals surface area contributed by atoms with Gasteiger partial charge in [-0.1, -0.05) is 6.58 Å². The Hall–Kier alpha value is -0.340. The van der Waals surface area contributed by atoms with E-state index in [0.29, 0.717) is 12.5 Å². The molecule has 1 atom stereocenters. The van der Waals surface area contributed by atoms with Gasteiger partial charge < -0.3 is 10.8 Å². The molecule has 0 aromatic rings. The van der Waals surface area contributed by atoms with E-state index in [1.807, 2.05) is 6.92 Å². The molecule has 0 saturated heterocycles. The molecule has 1 fully saturated rings. The van der Waals surface area contributed by atoms with Crippen molar-refractivity contribution in [2.75, 3.05) is 6.54 Å². The van der Waals surface area contributed by atoms with Crippen molar-refractivity contribution >= 4 is 0 Å². The van der Waals surface area contributed by atoms with Crippen LogP contribution in [0.4, 0.5) is 0 Å². The maximum absolute atomic E-state index is 9.81. The van der Waals surface area contributed by atoms with E-state index in [1.165, 1.54) is 0 Å². The molecule has 0 bridgehead atoms. The van der Waals surface area contributed by atoms with Gasteiger partial charge in [0.05, 0.1) is 0 Å². The molecule has 58 valence electrons. The molecule has 1 rings (SSSR count). The van der Waals surface area contributed by atoms with Crippen LogP contribution in [-0.4, -0.2) is 17.3 Å². The number of nitrogens with two attached hydrogens (primary N) is 1. The minimum atomic E-state index is -0.764. The summed E-state index contributed by atoms with van der Waals surface area (Å²) in [7, 11) is 0. The highest BCUT2D eigenvalue weighted by Gasteiger charge is 2.43. The fourth-order valence-corrected chi connectivity index (χ4v) is 1.25. The lowest BCUT2D eigenvalue weighted by atomic mass is 9.91. The van der Waals surface area contributed by atoms with E-state index >= 15 is 0 Å². The van der Waals surface area contributed by atoms with Crippen LogP contribution in [0.5, 0.6) is 0 Å². The zero-order chi connectivity index (χ0) is 7.78. The first-order valence-corrected chi connectivity index (χ1v) is 3.69. The molecule has 2 nitrogen and oxygen atoms in total. The van der Waals surface area contributed by atoms with Gasteiger partial charge in [0.2, 0.25) is 0 Å². The predicted molar refractivity (Wildman–Crippen MR) is 41.5 cm³/mol. The van der Waals surface area contributed by atoms with Gasteiger partial charge in [-0.3, -0.25) is 0 Å². The molecule has 1 aliphatic carbocycles. The van der Waals surface area contributed by atoms with Crippen molar-refractivity contribution in [1.82, 2.24) is 0 Å². The molecular weight excluding hydrogens is 126 g/mol. The largest absolute Gasteiger partial charge is 0.384 e. The fourth-order valence-electron chi connectivity index (χ4n) is 1.25. The third-order valence-corrected chi connectivity index (χ3v) is 2.30. The monoisotopic (exact) mass is 141 g/mol. The number of hydrogen-bond acceptors (Lipinski definition) is 2. The summed E-state index contributed by atoms with van der Waals surface area (Å²) in [4.78, 5) is 0. The van der Waals surface area contributed by atoms with Gasteiger partial charge in [-0.2, -0.15) is 0 Å². The molecule has 0 spiro atoms. The summed E-state index contributed by atoms with van der Waals surface area (Å²) in [5.41, 5.74) is 5.48. The SMILES string of the molecule is C=C(C)C(O)(CN)C1CC1. The first-order valence-electron chi connectivity index (χ1n) is 3.69. The Bertz CT molecular complexity index is 151. The molecule has 1 aliphatic rings. The van der Waals surface area contributed by atoms with Gasteiger partial charge in [0.1, 0.15) is 5.60 Å². The maximum atomic E-state index is 9.81. The van der Waals surface area contributed by atoms with Crippen LogP contribution in [0.15, 0.2) is 12.2 Å². The highest BCUT2D eigenvalue weighted by molar-refractivity contribution is 5.16. The predicted octanol–water partition coefficient (Wildman–Crippen LogP) is 0.662. The topological polar surface area (TPSA) is 46.2 Å². The molecule has 10 heavy (non-hydrogen) atoms. The first-order chi connectivity index (χ1) is 4.61. The van der Waals surface area contributed by atoms with Gasteiger partial charge in [-0.15, -0.1) is 0 Å². The molecular formula is C8H15NO. The fraction of sp³-hybridized carbons (Fsp3) is 0.750. The summed E-state index contributed by atoms with van der Waals surface area (Å²) >= 11 is 0. The Kier molecular flexibility index (Phi) is 1.84. The second-order valence-electron chi connectivity index (χ2n) is 3.18. The molecule has 0 amide bonds. The zero-order valence-electron chi connectivity index (χ0n) is 6.43. The minimum absolute atomic E-state index is 0.312. The van der Waals surface area contributed by atoms with Crippen molar-refractivity contribution < 1.29 is 5.11 Å². The van der Waals surface area contributed by atoms with E-state index in [1.54, 1.807) is 0 Å². The van der Waals surface area contributed by atoms with Crippen LogP contribution in [0.25, 0.3) is 0 Å². The third kappa shape index (κ3) is 1.09. The Morgan fingerprint density at radius 3 is 2.40 bits per heavy atom. The third-order valence-electron chi connectivity index (χ3n) is 2.30. The lowest BCUT2D eigenvalue weighted by Gasteiger charge is -2.26. The molecule has 0 aromatic heterocycles. The van der Waals surface area contributed by atoms with E-state index in [2.05, 4.69) is 6.58 Å². The maximum Gasteiger partial charge on any atom is 0.100 e. The summed E-state index contributed by atoms with van der Waals surface area (Å²) in [6.07, 6.45) is 2.20. The molecule has 0 heterocycles. The van der Waals surface area contributed by atoms with Crippen molar-refractivity contribution in [1.29, 1.82) is 0 Å². The average molecular weight is 141 g/mol. The molecule has 0 aromatic carbocycles. The van der Waals surface area contributed by atoms with E-state index < -0.39 is 5.60 Å². The molecule has 0 radical (unpaired) electrons. The highest BCUT2D eigenvalue weighted by atomic mass is 16.3. The lowest BCUT2D eigenvalue weighted by molar-refractivity contribution is 0.0645. The number of rotatable bonds is 3. The summed E-state index contributed by atoms with van der Waals surface area (Å²) < 4.78 is 0. The van der Waals surface area contributed by atoms with E-state index in [-0.39, 0.29) is 0 Å². The van der Waals surface area contributed by atoms with E-state index in [9.17, 15) is 5.11 Å². The summed E-state index contributed by atoms with van der Waals surface area (Å²) in [6.45, 7) is 5.88. The molecule has 1 saturated carbocycles. The van der Waals surface area contributed by atoms with Crippen molar-refractivity contribution in [3.63, 3.8) is 0 Å². The normalized spacial score (nSPS) is 23.9. The van der Waals surface area contributed by atoms with Crippen molar-refractivity contribution in [3.05, 3.63) is 12.2 Å². The zero-order valence-corrected chi connectivity index (χ0v) is 6.43. The van der Waals surface area contributed by atoms with Crippen LogP contribution in [0.2, 0.25) is 0 Å². The highest BCUT2D eigenvalue weighted by Crippen LogP contribution is 2.42. The van der Waals surface area contributed by atoms with Crippen LogP contribution in [-0.2, 0) is 0 Å². The number of aliphatic hydroxyl groups is 1.